The highest BCUT2D eigenvalue weighted by Crippen LogP contribution is 2.36. The average molecular weight is 447 g/mol. The van der Waals surface area contributed by atoms with E-state index in [-0.39, 0.29) is 16.3 Å². The predicted molar refractivity (Wildman–Crippen MR) is 120 cm³/mol. The Morgan fingerprint density at radius 2 is 2.07 bits per heavy atom. The van der Waals surface area contributed by atoms with E-state index in [0.29, 0.717) is 13.0 Å². The van der Waals surface area contributed by atoms with E-state index in [4.69, 9.17) is 4.74 Å². The number of benzene rings is 1. The zero-order valence-electron chi connectivity index (χ0n) is 17.2. The van der Waals surface area contributed by atoms with Crippen LogP contribution < -0.4 is 4.72 Å². The molecule has 1 N–H and O–H groups in total. The van der Waals surface area contributed by atoms with Gasteiger partial charge in [-0.05, 0) is 24.5 Å². The molecule has 0 radical (unpaired) electrons. The molecule has 0 atom stereocenters. The van der Waals surface area contributed by atoms with Gasteiger partial charge < -0.3 is 4.74 Å². The maximum atomic E-state index is 12.7. The second-order valence-electron chi connectivity index (χ2n) is 7.16. The van der Waals surface area contributed by atoms with Crippen molar-refractivity contribution in [1.29, 1.82) is 0 Å². The van der Waals surface area contributed by atoms with Crippen molar-refractivity contribution in [2.75, 3.05) is 26.7 Å². The van der Waals surface area contributed by atoms with Crippen molar-refractivity contribution in [2.45, 2.75) is 24.1 Å². The van der Waals surface area contributed by atoms with Crippen LogP contribution in [0.15, 0.2) is 52.8 Å². The van der Waals surface area contributed by atoms with Crippen molar-refractivity contribution in [3.8, 4) is 0 Å². The molecule has 30 heavy (non-hydrogen) atoms. The summed E-state index contributed by atoms with van der Waals surface area (Å²) in [6, 6.07) is 10.1. The summed E-state index contributed by atoms with van der Waals surface area (Å²) in [5.74, 6) is -0.611. The van der Waals surface area contributed by atoms with E-state index in [9.17, 15) is 13.2 Å². The summed E-state index contributed by atoms with van der Waals surface area (Å²) < 4.78 is 32.8. The number of ether oxygens (including phenoxy) is 1. The van der Waals surface area contributed by atoms with Crippen molar-refractivity contribution >= 4 is 33.4 Å². The quantitative estimate of drug-likeness (QED) is 0.496. The predicted octanol–water partition coefficient (Wildman–Crippen LogP) is 3.46. The van der Waals surface area contributed by atoms with Crippen molar-refractivity contribution in [1.82, 2.24) is 9.62 Å². The van der Waals surface area contributed by atoms with E-state index < -0.39 is 16.0 Å². The van der Waals surface area contributed by atoms with Gasteiger partial charge in [-0.25, -0.2) is 17.9 Å². The normalized spacial score (nSPS) is 14.9. The van der Waals surface area contributed by atoms with Gasteiger partial charge in [0.05, 0.1) is 12.7 Å². The van der Waals surface area contributed by atoms with E-state index in [2.05, 4.69) is 41.3 Å². The van der Waals surface area contributed by atoms with Gasteiger partial charge in [0.2, 0.25) is 0 Å². The number of hydrogen-bond acceptors (Lipinski definition) is 6. The Morgan fingerprint density at radius 3 is 2.73 bits per heavy atom. The number of methoxy groups -OCH3 is 1. The number of carbonyl (C=O) groups is 1. The minimum atomic E-state index is -3.82. The molecular formula is C22H26N2O4S2. The summed E-state index contributed by atoms with van der Waals surface area (Å²) >= 11 is 1.15. The number of rotatable bonds is 8. The number of carbonyl (C=O) groups excluding carboxylic acids is 1. The molecule has 0 spiro atoms. The third-order valence-electron chi connectivity index (χ3n) is 4.84. The lowest BCUT2D eigenvalue weighted by Crippen LogP contribution is -2.31. The lowest BCUT2D eigenvalue weighted by atomic mass is 10.0. The molecule has 0 saturated heterocycles. The first-order chi connectivity index (χ1) is 14.4. The minimum Gasteiger partial charge on any atom is -0.465 e. The Labute approximate surface area is 181 Å². The summed E-state index contributed by atoms with van der Waals surface area (Å²) in [4.78, 5) is 15.6. The van der Waals surface area contributed by atoms with Crippen LogP contribution in [0.1, 0.15) is 33.3 Å². The smallest absolute Gasteiger partial charge is 0.340 e. The van der Waals surface area contributed by atoms with Crippen LogP contribution in [0.3, 0.4) is 0 Å². The van der Waals surface area contributed by atoms with Gasteiger partial charge in [-0.3, -0.25) is 4.90 Å². The van der Waals surface area contributed by atoms with Crippen molar-refractivity contribution in [2.24, 2.45) is 0 Å². The van der Waals surface area contributed by atoms with E-state index in [0.717, 1.165) is 40.4 Å². The van der Waals surface area contributed by atoms with Gasteiger partial charge in [0, 0.05) is 31.1 Å². The van der Waals surface area contributed by atoms with E-state index in [1.54, 1.807) is 0 Å². The number of thiophene rings is 1. The van der Waals surface area contributed by atoms with E-state index in [1.807, 2.05) is 18.2 Å². The van der Waals surface area contributed by atoms with Crippen LogP contribution in [0, 0.1) is 0 Å². The molecule has 1 aromatic heterocycles. The number of nitrogens with one attached hydrogen (secondary N) is 1. The van der Waals surface area contributed by atoms with Crippen LogP contribution in [-0.4, -0.2) is 46.0 Å². The van der Waals surface area contributed by atoms with Crippen LogP contribution in [0.2, 0.25) is 0 Å². The molecule has 1 aliphatic heterocycles. The largest absolute Gasteiger partial charge is 0.465 e. The Balaban J connectivity index is 1.85. The summed E-state index contributed by atoms with van der Waals surface area (Å²) in [6.45, 7) is 7.84. The number of nitrogens with zero attached hydrogens (tertiary/aromatic N) is 1. The fourth-order valence-electron chi connectivity index (χ4n) is 3.53. The summed E-state index contributed by atoms with van der Waals surface area (Å²) in [7, 11) is -2.55. The van der Waals surface area contributed by atoms with Crippen LogP contribution >= 0.6 is 11.3 Å². The van der Waals surface area contributed by atoms with Crippen molar-refractivity contribution < 1.29 is 17.9 Å². The van der Waals surface area contributed by atoms with Gasteiger partial charge >= 0.3 is 5.97 Å². The van der Waals surface area contributed by atoms with Gasteiger partial charge in [0.1, 0.15) is 4.21 Å². The van der Waals surface area contributed by atoms with Crippen LogP contribution in [0.5, 0.6) is 0 Å². The van der Waals surface area contributed by atoms with Gasteiger partial charge in [-0.15, -0.1) is 17.9 Å². The number of hydrogen-bond donors (Lipinski definition) is 1. The molecule has 0 bridgehead atoms. The van der Waals surface area contributed by atoms with Crippen molar-refractivity contribution in [3.63, 3.8) is 0 Å². The third kappa shape index (κ3) is 5.07. The zero-order valence-corrected chi connectivity index (χ0v) is 18.8. The monoisotopic (exact) mass is 446 g/mol. The van der Waals surface area contributed by atoms with Gasteiger partial charge in [-0.2, -0.15) is 0 Å². The maximum Gasteiger partial charge on any atom is 0.340 e. The molecule has 2 heterocycles. The van der Waals surface area contributed by atoms with Gasteiger partial charge in [0.25, 0.3) is 10.0 Å². The van der Waals surface area contributed by atoms with E-state index >= 15 is 0 Å². The van der Waals surface area contributed by atoms with Crippen LogP contribution in [0.4, 0.5) is 0 Å². The first-order valence-electron chi connectivity index (χ1n) is 9.63. The highest BCUT2D eigenvalue weighted by Gasteiger charge is 2.33. The van der Waals surface area contributed by atoms with Crippen molar-refractivity contribution in [3.05, 3.63) is 70.1 Å². The second-order valence-corrected chi connectivity index (χ2v) is 10.2. The van der Waals surface area contributed by atoms with Gasteiger partial charge in [0.15, 0.2) is 0 Å². The summed E-state index contributed by atoms with van der Waals surface area (Å²) in [5.41, 5.74) is 3.32. The van der Waals surface area contributed by atoms with Crippen LogP contribution in [0.25, 0.3) is 6.08 Å². The molecule has 160 valence electrons. The SMILES string of the molecule is C=CCNS(=O)(=O)c1sc2c(c1C(=O)OC)CCN(C/C(C)=C/c1ccccc1)C2. The lowest BCUT2D eigenvalue weighted by molar-refractivity contribution is 0.0595. The first kappa shape index (κ1) is 22.4. The molecule has 1 aromatic carbocycles. The van der Waals surface area contributed by atoms with Crippen LogP contribution in [-0.2, 0) is 27.7 Å². The topological polar surface area (TPSA) is 75.7 Å². The molecule has 8 heteroatoms. The maximum absolute atomic E-state index is 12.7. The molecule has 0 unspecified atom stereocenters. The standard InChI is InChI=1S/C22H26N2O4S2/c1-4-11-23-30(26,27)22-20(21(25)28-3)18-10-12-24(15-19(18)29-22)14-16(2)13-17-8-6-5-7-9-17/h4-9,13,23H,1,10-12,14-15H2,2-3H3/b16-13+. The molecule has 6 nitrogen and oxygen atoms in total. The molecule has 0 amide bonds. The average Bonchev–Trinajstić information content (AvgIpc) is 3.12. The Morgan fingerprint density at radius 1 is 1.33 bits per heavy atom. The molecular weight excluding hydrogens is 420 g/mol. The molecule has 0 fully saturated rings. The fraction of sp³-hybridized carbons (Fsp3) is 0.318. The summed E-state index contributed by atoms with van der Waals surface area (Å²) in [6.07, 6.45) is 4.22. The zero-order chi connectivity index (χ0) is 21.7. The summed E-state index contributed by atoms with van der Waals surface area (Å²) in [5, 5.41) is 0. The van der Waals surface area contributed by atoms with E-state index in [1.165, 1.54) is 18.8 Å². The van der Waals surface area contributed by atoms with Gasteiger partial charge in [-0.1, -0.05) is 48.1 Å². The number of sulfonamides is 1. The molecule has 2 aromatic rings. The Bertz CT molecular complexity index is 1060. The third-order valence-corrected chi connectivity index (χ3v) is 8.00. The number of esters is 1. The Kier molecular flexibility index (Phi) is 7.25. The highest BCUT2D eigenvalue weighted by atomic mass is 32.2. The highest BCUT2D eigenvalue weighted by molar-refractivity contribution is 7.91. The Hall–Kier alpha value is -2.26. The molecule has 1 aliphatic rings. The minimum absolute atomic E-state index is 0.0274. The lowest BCUT2D eigenvalue weighted by Gasteiger charge is -2.27. The number of fused-ring (bicyclic) bond motifs is 1. The molecule has 3 rings (SSSR count). The second kappa shape index (κ2) is 9.70. The first-order valence-corrected chi connectivity index (χ1v) is 11.9. The molecule has 0 aliphatic carbocycles. The molecule has 0 saturated carbocycles. The fourth-order valence-corrected chi connectivity index (χ4v) is 6.50.